The van der Waals surface area contributed by atoms with Crippen molar-refractivity contribution in [2.45, 2.75) is 27.3 Å². The summed E-state index contributed by atoms with van der Waals surface area (Å²) in [6.07, 6.45) is 0. The smallest absolute Gasteiger partial charge is 0.281 e. The maximum atomic E-state index is 12.7. The van der Waals surface area contributed by atoms with Gasteiger partial charge in [0.1, 0.15) is 17.4 Å². The van der Waals surface area contributed by atoms with Crippen LogP contribution < -0.4 is 10.3 Å². The maximum Gasteiger partial charge on any atom is 0.281 e. The van der Waals surface area contributed by atoms with Gasteiger partial charge in [0.2, 0.25) is 5.88 Å². The average Bonchev–Trinajstić information content (AvgIpc) is 2.59. The van der Waals surface area contributed by atoms with Gasteiger partial charge in [-0.1, -0.05) is 19.9 Å². The summed E-state index contributed by atoms with van der Waals surface area (Å²) >= 11 is 0. The van der Waals surface area contributed by atoms with E-state index in [2.05, 4.69) is 10.2 Å². The minimum Gasteiger partial charge on any atom is -0.497 e. The first-order chi connectivity index (χ1) is 11.9. The van der Waals surface area contributed by atoms with Crippen molar-refractivity contribution in [3.63, 3.8) is 0 Å². The summed E-state index contributed by atoms with van der Waals surface area (Å²) in [7, 11) is 1.55. The van der Waals surface area contributed by atoms with Crippen LogP contribution in [0.2, 0.25) is 0 Å². The third-order valence-electron chi connectivity index (χ3n) is 3.64. The van der Waals surface area contributed by atoms with Gasteiger partial charge in [-0.25, -0.2) is 0 Å². The molecule has 0 radical (unpaired) electrons. The molecule has 25 heavy (non-hydrogen) atoms. The molecule has 0 aliphatic rings. The van der Waals surface area contributed by atoms with Crippen LogP contribution in [0.3, 0.4) is 0 Å². The summed E-state index contributed by atoms with van der Waals surface area (Å²) in [5.41, 5.74) is 0.406. The molecule has 0 bridgehead atoms. The van der Waals surface area contributed by atoms with Gasteiger partial charge in [-0.3, -0.25) is 9.36 Å². The molecule has 0 spiro atoms. The quantitative estimate of drug-likeness (QED) is 0.836. The maximum absolute atomic E-state index is 12.7. The van der Waals surface area contributed by atoms with Gasteiger partial charge in [-0.05, 0) is 25.0 Å². The normalized spacial score (nSPS) is 11.0. The molecule has 130 valence electrons. The van der Waals surface area contributed by atoms with Crippen molar-refractivity contribution in [3.8, 4) is 17.7 Å². The van der Waals surface area contributed by atoms with Crippen LogP contribution in [0.25, 0.3) is 0 Å². The minimum absolute atomic E-state index is 0.0276. The van der Waals surface area contributed by atoms with Gasteiger partial charge in [0, 0.05) is 18.2 Å². The lowest BCUT2D eigenvalue weighted by Crippen LogP contribution is -2.24. The zero-order valence-corrected chi connectivity index (χ0v) is 14.6. The number of azo groups is 1. The predicted molar refractivity (Wildman–Crippen MR) is 93.8 cm³/mol. The third kappa shape index (κ3) is 3.86. The molecular formula is C18H20N4O3. The van der Waals surface area contributed by atoms with E-state index < -0.39 is 5.56 Å². The van der Waals surface area contributed by atoms with Crippen LogP contribution in [0.4, 0.5) is 11.4 Å². The second-order valence-corrected chi connectivity index (χ2v) is 6.00. The highest BCUT2D eigenvalue weighted by Crippen LogP contribution is 2.28. The molecule has 0 aliphatic heterocycles. The first-order valence-corrected chi connectivity index (χ1v) is 7.81. The molecular weight excluding hydrogens is 320 g/mol. The summed E-state index contributed by atoms with van der Waals surface area (Å²) in [5, 5.41) is 27.7. The first kappa shape index (κ1) is 18.2. The number of pyridine rings is 1. The lowest BCUT2D eigenvalue weighted by Gasteiger charge is -2.14. The molecule has 0 saturated carbocycles. The number of benzene rings is 1. The second kappa shape index (κ2) is 7.62. The molecule has 2 aromatic rings. The molecule has 0 amide bonds. The van der Waals surface area contributed by atoms with E-state index in [1.165, 1.54) is 0 Å². The van der Waals surface area contributed by atoms with Gasteiger partial charge in [0.05, 0.1) is 12.8 Å². The zero-order valence-electron chi connectivity index (χ0n) is 14.6. The SMILES string of the molecule is COc1cccc(N=Nc2c(C)c(C#N)c(O)n(CC(C)C)c2=O)c1. The zero-order chi connectivity index (χ0) is 18.6. The Morgan fingerprint density at radius 1 is 1.36 bits per heavy atom. The molecule has 0 saturated heterocycles. The standard InChI is InChI=1S/C18H20N4O3/c1-11(2)10-22-17(23)15(9-19)12(3)16(18(22)24)21-20-13-6-5-7-14(8-13)25-4/h5-8,11,23H,10H2,1-4H3. The van der Waals surface area contributed by atoms with E-state index in [-0.39, 0.29) is 29.6 Å². The Morgan fingerprint density at radius 3 is 2.68 bits per heavy atom. The van der Waals surface area contributed by atoms with Crippen molar-refractivity contribution in [1.29, 1.82) is 5.26 Å². The van der Waals surface area contributed by atoms with Crippen LogP contribution in [0.15, 0.2) is 39.3 Å². The minimum atomic E-state index is -0.477. The predicted octanol–water partition coefficient (Wildman–Crippen LogP) is 3.81. The number of hydrogen-bond acceptors (Lipinski definition) is 6. The lowest BCUT2D eigenvalue weighted by molar-refractivity contribution is 0.381. The van der Waals surface area contributed by atoms with Crippen molar-refractivity contribution in [2.75, 3.05) is 7.11 Å². The van der Waals surface area contributed by atoms with E-state index >= 15 is 0 Å². The van der Waals surface area contributed by atoms with Crippen molar-refractivity contribution in [2.24, 2.45) is 16.1 Å². The number of nitrogens with zero attached hydrogens (tertiary/aromatic N) is 4. The molecule has 0 unspecified atom stereocenters. The number of hydrogen-bond donors (Lipinski definition) is 1. The molecule has 1 aromatic heterocycles. The monoisotopic (exact) mass is 340 g/mol. The van der Waals surface area contributed by atoms with Crippen LogP contribution in [0.1, 0.15) is 25.0 Å². The highest BCUT2D eigenvalue weighted by Gasteiger charge is 2.19. The largest absolute Gasteiger partial charge is 0.497 e. The summed E-state index contributed by atoms with van der Waals surface area (Å²) in [5.74, 6) is 0.397. The number of ether oxygens (including phenoxy) is 1. The lowest BCUT2D eigenvalue weighted by atomic mass is 10.1. The fourth-order valence-electron chi connectivity index (χ4n) is 2.37. The molecule has 7 nitrogen and oxygen atoms in total. The Kier molecular flexibility index (Phi) is 5.55. The van der Waals surface area contributed by atoms with Crippen LogP contribution in [-0.4, -0.2) is 16.8 Å². The van der Waals surface area contributed by atoms with Gasteiger partial charge >= 0.3 is 0 Å². The Bertz CT molecular complexity index is 908. The summed E-state index contributed by atoms with van der Waals surface area (Å²) < 4.78 is 6.29. The number of aromatic hydroxyl groups is 1. The number of rotatable bonds is 5. The Morgan fingerprint density at radius 2 is 2.08 bits per heavy atom. The van der Waals surface area contributed by atoms with Crippen molar-refractivity contribution < 1.29 is 9.84 Å². The highest BCUT2D eigenvalue weighted by atomic mass is 16.5. The first-order valence-electron chi connectivity index (χ1n) is 7.81. The molecule has 7 heteroatoms. The number of nitriles is 1. The summed E-state index contributed by atoms with van der Waals surface area (Å²) in [4.78, 5) is 12.7. The second-order valence-electron chi connectivity index (χ2n) is 6.00. The fraction of sp³-hybridized carbons (Fsp3) is 0.333. The van der Waals surface area contributed by atoms with Gasteiger partial charge in [-0.15, -0.1) is 5.11 Å². The summed E-state index contributed by atoms with van der Waals surface area (Å²) in [6, 6.07) is 8.86. The molecule has 0 aliphatic carbocycles. The van der Waals surface area contributed by atoms with E-state index in [0.29, 0.717) is 17.0 Å². The van der Waals surface area contributed by atoms with E-state index in [0.717, 1.165) is 4.57 Å². The van der Waals surface area contributed by atoms with E-state index in [1.54, 1.807) is 38.3 Å². The Labute approximate surface area is 145 Å². The van der Waals surface area contributed by atoms with Crippen LogP contribution in [0, 0.1) is 24.2 Å². The Hall–Kier alpha value is -3.14. The molecule has 1 aromatic carbocycles. The third-order valence-corrected chi connectivity index (χ3v) is 3.64. The molecule has 0 atom stereocenters. The van der Waals surface area contributed by atoms with E-state index in [9.17, 15) is 15.2 Å². The van der Waals surface area contributed by atoms with Crippen LogP contribution in [0.5, 0.6) is 11.6 Å². The molecule has 0 fully saturated rings. The van der Waals surface area contributed by atoms with E-state index in [4.69, 9.17) is 4.74 Å². The van der Waals surface area contributed by atoms with Crippen molar-refractivity contribution >= 4 is 11.4 Å². The van der Waals surface area contributed by atoms with Crippen molar-refractivity contribution in [3.05, 3.63) is 45.7 Å². The number of methoxy groups -OCH3 is 1. The number of aromatic nitrogens is 1. The highest BCUT2D eigenvalue weighted by molar-refractivity contribution is 5.57. The Balaban J connectivity index is 2.58. The fourth-order valence-corrected chi connectivity index (χ4v) is 2.37. The van der Waals surface area contributed by atoms with Gasteiger partial charge in [0.25, 0.3) is 5.56 Å². The van der Waals surface area contributed by atoms with E-state index in [1.807, 2.05) is 19.9 Å². The van der Waals surface area contributed by atoms with Gasteiger partial charge in [-0.2, -0.15) is 10.4 Å². The molecule has 1 N–H and O–H groups in total. The van der Waals surface area contributed by atoms with Gasteiger partial charge < -0.3 is 9.84 Å². The van der Waals surface area contributed by atoms with Crippen LogP contribution in [-0.2, 0) is 6.54 Å². The van der Waals surface area contributed by atoms with Crippen LogP contribution >= 0.6 is 0 Å². The molecule has 1 heterocycles. The average molecular weight is 340 g/mol. The van der Waals surface area contributed by atoms with Crippen molar-refractivity contribution in [1.82, 2.24) is 4.57 Å². The topological polar surface area (TPSA) is 100.0 Å². The summed E-state index contributed by atoms with van der Waals surface area (Å²) in [6.45, 7) is 5.67. The molecule has 2 rings (SSSR count). The van der Waals surface area contributed by atoms with Gasteiger partial charge in [0.15, 0.2) is 5.69 Å².